The number of rotatable bonds is 29. The van der Waals surface area contributed by atoms with Gasteiger partial charge in [-0.25, -0.2) is 19.2 Å². The highest BCUT2D eigenvalue weighted by molar-refractivity contribution is 7.99. The average molecular weight is 922 g/mol. The Morgan fingerprint density at radius 2 is 0.864 bits per heavy atom. The van der Waals surface area contributed by atoms with Gasteiger partial charge in [0, 0.05) is 18.7 Å². The predicted molar refractivity (Wildman–Crippen MR) is 257 cm³/mol. The van der Waals surface area contributed by atoms with E-state index in [9.17, 15) is 24.0 Å². The van der Waals surface area contributed by atoms with Crippen molar-refractivity contribution in [1.82, 2.24) is 5.32 Å². The summed E-state index contributed by atoms with van der Waals surface area (Å²) < 4.78 is 30.8. The first-order valence-electron chi connectivity index (χ1n) is 23.9. The fourth-order valence-electron chi connectivity index (χ4n) is 7.77. The number of ether oxygens (including phenoxy) is 5. The van der Waals surface area contributed by atoms with Crippen LogP contribution in [0.2, 0.25) is 0 Å². The Labute approximate surface area is 395 Å². The summed E-state index contributed by atoms with van der Waals surface area (Å²) in [5.41, 5.74) is -0.0970. The van der Waals surface area contributed by atoms with Gasteiger partial charge in [0.15, 0.2) is 18.3 Å². The summed E-state index contributed by atoms with van der Waals surface area (Å²) in [5, 5.41) is 2.99. The van der Waals surface area contributed by atoms with Gasteiger partial charge in [-0.15, -0.1) is 11.8 Å². The van der Waals surface area contributed by atoms with E-state index >= 15 is 0 Å². The summed E-state index contributed by atoms with van der Waals surface area (Å²) >= 11 is 1.23. The Morgan fingerprint density at radius 3 is 1.30 bits per heavy atom. The molecule has 0 radical (unpaired) electrons. The van der Waals surface area contributed by atoms with Crippen molar-refractivity contribution in [3.05, 3.63) is 144 Å². The molecule has 1 aliphatic rings. The Hall–Kier alpha value is -5.46. The van der Waals surface area contributed by atoms with Gasteiger partial charge in [0.25, 0.3) is 0 Å². The summed E-state index contributed by atoms with van der Waals surface area (Å²) in [6.07, 6.45) is 13.8. The van der Waals surface area contributed by atoms with E-state index in [1.54, 1.807) is 121 Å². The number of carbonyl (C=O) groups excluding carboxylic acids is 5. The first-order chi connectivity index (χ1) is 32.3. The van der Waals surface area contributed by atoms with E-state index in [-0.39, 0.29) is 29.1 Å². The first-order valence-corrected chi connectivity index (χ1v) is 24.9. The minimum absolute atomic E-state index is 0.0600. The number of unbranched alkanes of at least 4 members (excludes halogenated alkanes) is 14. The first kappa shape index (κ1) is 51.5. The number of benzene rings is 4. The molecule has 1 saturated heterocycles. The summed E-state index contributed by atoms with van der Waals surface area (Å²) in [6, 6.07) is 33.2. The van der Waals surface area contributed by atoms with Crippen molar-refractivity contribution in [2.24, 2.45) is 0 Å². The molecular formula is C54H67NO10S. The maximum Gasteiger partial charge on any atom is 0.338 e. The third-order valence-corrected chi connectivity index (χ3v) is 12.6. The summed E-state index contributed by atoms with van der Waals surface area (Å²) in [4.78, 5) is 67.6. The van der Waals surface area contributed by atoms with Gasteiger partial charge >= 0.3 is 23.9 Å². The van der Waals surface area contributed by atoms with E-state index in [1.807, 2.05) is 0 Å². The molecule has 1 fully saturated rings. The highest BCUT2D eigenvalue weighted by Crippen LogP contribution is 2.35. The molecule has 4 aromatic carbocycles. The molecule has 1 heterocycles. The second-order valence-corrected chi connectivity index (χ2v) is 17.8. The molecule has 0 bridgehead atoms. The standard InChI is InChI=1S/C54H67NO10S/c1-2-3-4-5-6-7-8-9-10-11-12-13-14-15-28-37-46(56)55-38-39-66-54-49(65-53(60)44-35-26-19-27-36-44)48(64-52(59)43-33-24-18-25-34-43)47(63-51(58)42-31-22-17-23-32-42)45(62-54)40-61-50(57)41-29-20-16-21-30-41/h16-27,29-36,45,47-49,54H,2-15,28,37-40H2,1H3,(H,55,56)/t45-,47+,48+,49-,54+/m1/s1. The summed E-state index contributed by atoms with van der Waals surface area (Å²) in [5.74, 6) is -2.65. The van der Waals surface area contributed by atoms with E-state index < -0.39 is 60.3 Å². The van der Waals surface area contributed by atoms with Crippen molar-refractivity contribution in [2.45, 2.75) is 140 Å². The Bertz CT molecular complexity index is 2020. The molecule has 12 heteroatoms. The molecule has 1 N–H and O–H groups in total. The lowest BCUT2D eigenvalue weighted by Crippen LogP contribution is -2.62. The molecule has 1 aliphatic heterocycles. The molecule has 66 heavy (non-hydrogen) atoms. The van der Waals surface area contributed by atoms with E-state index in [1.165, 1.54) is 88.8 Å². The van der Waals surface area contributed by atoms with Crippen LogP contribution in [0.4, 0.5) is 0 Å². The van der Waals surface area contributed by atoms with Gasteiger partial charge in [0.1, 0.15) is 18.1 Å². The molecule has 0 spiro atoms. The van der Waals surface area contributed by atoms with Gasteiger partial charge in [-0.1, -0.05) is 170 Å². The quantitative estimate of drug-likeness (QED) is 0.0316. The van der Waals surface area contributed by atoms with Gasteiger partial charge < -0.3 is 29.0 Å². The summed E-state index contributed by atoms with van der Waals surface area (Å²) in [7, 11) is 0. The fraction of sp³-hybridized carbons (Fsp3) is 0.463. The molecule has 354 valence electrons. The van der Waals surface area contributed by atoms with Crippen molar-refractivity contribution in [3.63, 3.8) is 0 Å². The monoisotopic (exact) mass is 921 g/mol. The van der Waals surface area contributed by atoms with E-state index in [0.717, 1.165) is 19.3 Å². The number of thioether (sulfide) groups is 1. The molecule has 1 amide bonds. The van der Waals surface area contributed by atoms with Crippen LogP contribution in [-0.2, 0) is 28.5 Å². The van der Waals surface area contributed by atoms with Crippen LogP contribution >= 0.6 is 11.8 Å². The molecule has 0 saturated carbocycles. The van der Waals surface area contributed by atoms with Gasteiger partial charge in [0.2, 0.25) is 5.91 Å². The second kappa shape index (κ2) is 29.9. The number of amides is 1. The average Bonchev–Trinajstić information content (AvgIpc) is 3.35. The van der Waals surface area contributed by atoms with Crippen LogP contribution in [0.25, 0.3) is 0 Å². The van der Waals surface area contributed by atoms with Crippen LogP contribution in [-0.4, -0.2) is 78.5 Å². The number of hydrogen-bond acceptors (Lipinski definition) is 11. The molecule has 5 rings (SSSR count). The Morgan fingerprint density at radius 1 is 0.485 bits per heavy atom. The molecule has 0 unspecified atom stereocenters. The topological polar surface area (TPSA) is 144 Å². The summed E-state index contributed by atoms with van der Waals surface area (Å²) in [6.45, 7) is 2.12. The van der Waals surface area contributed by atoms with E-state index in [2.05, 4.69) is 12.2 Å². The van der Waals surface area contributed by atoms with E-state index in [0.29, 0.717) is 17.7 Å². The molecule has 0 aromatic heterocycles. The van der Waals surface area contributed by atoms with Crippen LogP contribution in [0.1, 0.15) is 151 Å². The van der Waals surface area contributed by atoms with Crippen molar-refractivity contribution < 1.29 is 47.7 Å². The van der Waals surface area contributed by atoms with Crippen molar-refractivity contribution in [2.75, 3.05) is 18.9 Å². The maximum atomic E-state index is 13.9. The number of nitrogens with one attached hydrogen (secondary N) is 1. The molecular weight excluding hydrogens is 855 g/mol. The maximum absolute atomic E-state index is 13.9. The van der Waals surface area contributed by atoms with Crippen molar-refractivity contribution in [3.8, 4) is 0 Å². The second-order valence-electron chi connectivity index (χ2n) is 16.6. The van der Waals surface area contributed by atoms with Crippen molar-refractivity contribution >= 4 is 41.5 Å². The Balaban J connectivity index is 1.24. The largest absolute Gasteiger partial charge is 0.459 e. The third-order valence-electron chi connectivity index (χ3n) is 11.5. The fourth-order valence-corrected chi connectivity index (χ4v) is 8.85. The van der Waals surface area contributed by atoms with Gasteiger partial charge in [-0.05, 0) is 55.0 Å². The SMILES string of the molecule is CCCCCCCCCCCCCCCCCC(=O)NCCS[C@@H]1O[C@H](COC(=O)c2ccccc2)[C@H](OC(=O)c2ccccc2)[C@H](OC(=O)c2ccccc2)[C@H]1OC(=O)c1ccccc1. The molecule has 0 aliphatic carbocycles. The zero-order valence-electron chi connectivity index (χ0n) is 38.4. The smallest absolute Gasteiger partial charge is 0.338 e. The number of hydrogen-bond donors (Lipinski definition) is 1. The minimum atomic E-state index is -1.44. The molecule has 4 aromatic rings. The van der Waals surface area contributed by atoms with Gasteiger partial charge in [0.05, 0.1) is 22.3 Å². The highest BCUT2D eigenvalue weighted by atomic mass is 32.2. The van der Waals surface area contributed by atoms with Gasteiger partial charge in [-0.2, -0.15) is 0 Å². The van der Waals surface area contributed by atoms with Crippen LogP contribution in [0.3, 0.4) is 0 Å². The highest BCUT2D eigenvalue weighted by Gasteiger charge is 2.53. The zero-order valence-corrected chi connectivity index (χ0v) is 39.2. The lowest BCUT2D eigenvalue weighted by atomic mass is 9.98. The molecule has 5 atom stereocenters. The van der Waals surface area contributed by atoms with E-state index in [4.69, 9.17) is 23.7 Å². The normalized spacial score (nSPS) is 17.9. The van der Waals surface area contributed by atoms with Crippen LogP contribution in [0, 0.1) is 0 Å². The minimum Gasteiger partial charge on any atom is -0.459 e. The predicted octanol–water partition coefficient (Wildman–Crippen LogP) is 11.4. The zero-order chi connectivity index (χ0) is 46.6. The van der Waals surface area contributed by atoms with Gasteiger partial charge in [-0.3, -0.25) is 4.79 Å². The molecule has 11 nitrogen and oxygen atoms in total. The lowest BCUT2D eigenvalue weighted by Gasteiger charge is -2.44. The van der Waals surface area contributed by atoms with Crippen LogP contribution in [0.5, 0.6) is 0 Å². The van der Waals surface area contributed by atoms with Crippen molar-refractivity contribution in [1.29, 1.82) is 0 Å². The number of esters is 4. The van der Waals surface area contributed by atoms with Crippen LogP contribution < -0.4 is 5.32 Å². The lowest BCUT2D eigenvalue weighted by molar-refractivity contribution is -0.207. The third kappa shape index (κ3) is 18.1. The number of carbonyl (C=O) groups is 5. The van der Waals surface area contributed by atoms with Crippen LogP contribution in [0.15, 0.2) is 121 Å². The Kier molecular flexibility index (Phi) is 23.4.